The van der Waals surface area contributed by atoms with Crippen molar-refractivity contribution in [3.05, 3.63) is 120 Å². The highest BCUT2D eigenvalue weighted by Crippen LogP contribution is 2.28. The van der Waals surface area contributed by atoms with E-state index >= 15 is 0 Å². The van der Waals surface area contributed by atoms with Crippen LogP contribution in [0.5, 0.6) is 11.5 Å². The third-order valence-electron chi connectivity index (χ3n) is 5.41. The van der Waals surface area contributed by atoms with E-state index in [-0.39, 0.29) is 6.42 Å². The molecule has 0 aliphatic carbocycles. The van der Waals surface area contributed by atoms with Crippen LogP contribution in [0.1, 0.15) is 34.7 Å². The predicted molar refractivity (Wildman–Crippen MR) is 133 cm³/mol. The van der Waals surface area contributed by atoms with Crippen molar-refractivity contribution >= 4 is 11.7 Å². The van der Waals surface area contributed by atoms with Crippen molar-refractivity contribution in [2.75, 3.05) is 7.11 Å². The maximum atomic E-state index is 11.3. The van der Waals surface area contributed by atoms with Gasteiger partial charge in [0.1, 0.15) is 36.3 Å². The minimum absolute atomic E-state index is 0.0787. The highest BCUT2D eigenvalue weighted by molar-refractivity contribution is 5.69. The van der Waals surface area contributed by atoms with Crippen LogP contribution < -0.4 is 15.0 Å². The number of hydroxylamine groups is 1. The molecule has 2 N–H and O–H groups in total. The molecule has 1 unspecified atom stereocenters. The zero-order valence-electron chi connectivity index (χ0n) is 19.7. The highest BCUT2D eigenvalue weighted by atomic mass is 16.6. The second-order valence-electron chi connectivity index (χ2n) is 7.90. The van der Waals surface area contributed by atoms with Crippen molar-refractivity contribution in [1.82, 2.24) is 10.6 Å². The summed E-state index contributed by atoms with van der Waals surface area (Å²) in [6.45, 7) is 0.373. The zero-order chi connectivity index (χ0) is 25.2. The van der Waals surface area contributed by atoms with Crippen LogP contribution in [0.3, 0.4) is 0 Å². The van der Waals surface area contributed by atoms with Gasteiger partial charge in [-0.2, -0.15) is 0 Å². The van der Waals surface area contributed by atoms with Gasteiger partial charge in [-0.25, -0.2) is 0 Å². The van der Waals surface area contributed by atoms with Crippen LogP contribution in [-0.2, 0) is 16.2 Å². The molecule has 0 saturated heterocycles. The molecule has 0 saturated carbocycles. The van der Waals surface area contributed by atoms with Crippen molar-refractivity contribution in [3.63, 3.8) is 0 Å². The number of carboxylic acid groups (broad SMARTS) is 1. The van der Waals surface area contributed by atoms with Crippen molar-refractivity contribution in [2.24, 2.45) is 0 Å². The normalized spacial score (nSPS) is 12.1. The third kappa shape index (κ3) is 6.74. The van der Waals surface area contributed by atoms with Gasteiger partial charge in [0.05, 0.1) is 19.2 Å². The standard InChI is InChI=1S/C28H26N2O6/c1-33-29-27(22-5-3-2-4-6-22)19-35-23-11-7-20(8-12-23)18-34-24-13-9-21(10-14-24)25(17-28(31)32)26-15-16-36-30-26/h2-16,19,25,29H,17-18H2,1H3,(H,31,32). The number of rotatable bonds is 12. The summed E-state index contributed by atoms with van der Waals surface area (Å²) in [5.41, 5.74) is 6.84. The Labute approximate surface area is 208 Å². The molecule has 4 rings (SSSR count). The summed E-state index contributed by atoms with van der Waals surface area (Å²) in [7, 11) is 1.55. The molecule has 8 nitrogen and oxygen atoms in total. The minimum atomic E-state index is -0.905. The summed E-state index contributed by atoms with van der Waals surface area (Å²) >= 11 is 0. The molecular formula is C28H26N2O6. The molecular weight excluding hydrogens is 460 g/mol. The molecule has 184 valence electrons. The number of hydrogen-bond acceptors (Lipinski definition) is 7. The van der Waals surface area contributed by atoms with Gasteiger partial charge in [-0.05, 0) is 35.4 Å². The van der Waals surface area contributed by atoms with Crippen LogP contribution in [-0.4, -0.2) is 23.3 Å². The quantitative estimate of drug-likeness (QED) is 0.203. The first-order valence-corrected chi connectivity index (χ1v) is 11.3. The van der Waals surface area contributed by atoms with E-state index in [0.717, 1.165) is 16.7 Å². The number of carboxylic acids is 1. The predicted octanol–water partition coefficient (Wildman–Crippen LogP) is 5.39. The lowest BCUT2D eigenvalue weighted by Gasteiger charge is -2.13. The summed E-state index contributed by atoms with van der Waals surface area (Å²) < 4.78 is 16.6. The third-order valence-corrected chi connectivity index (χ3v) is 5.41. The number of benzene rings is 3. The summed E-state index contributed by atoms with van der Waals surface area (Å²) in [6, 6.07) is 26.3. The first kappa shape index (κ1) is 24.6. The second-order valence-corrected chi connectivity index (χ2v) is 7.90. The summed E-state index contributed by atoms with van der Waals surface area (Å²) in [6.07, 6.45) is 2.96. The average Bonchev–Trinajstić information content (AvgIpc) is 3.45. The largest absolute Gasteiger partial charge is 0.489 e. The van der Waals surface area contributed by atoms with Crippen molar-refractivity contribution in [2.45, 2.75) is 18.9 Å². The lowest BCUT2D eigenvalue weighted by molar-refractivity contribution is -0.137. The number of hydrogen-bond donors (Lipinski definition) is 2. The van der Waals surface area contributed by atoms with E-state index in [9.17, 15) is 9.90 Å². The Morgan fingerprint density at radius 3 is 2.36 bits per heavy atom. The van der Waals surface area contributed by atoms with Crippen LogP contribution in [0.4, 0.5) is 0 Å². The second kappa shape index (κ2) is 12.2. The Morgan fingerprint density at radius 1 is 1.00 bits per heavy atom. The molecule has 1 atom stereocenters. The van der Waals surface area contributed by atoms with E-state index in [2.05, 4.69) is 10.6 Å². The fourth-order valence-electron chi connectivity index (χ4n) is 3.60. The van der Waals surface area contributed by atoms with Gasteiger partial charge >= 0.3 is 5.97 Å². The zero-order valence-corrected chi connectivity index (χ0v) is 19.7. The lowest BCUT2D eigenvalue weighted by Crippen LogP contribution is -2.11. The Morgan fingerprint density at radius 2 is 1.72 bits per heavy atom. The van der Waals surface area contributed by atoms with Gasteiger partial charge in [0.15, 0.2) is 0 Å². The molecule has 36 heavy (non-hydrogen) atoms. The van der Waals surface area contributed by atoms with Crippen LogP contribution in [0.15, 0.2) is 102 Å². The average molecular weight is 487 g/mol. The first-order chi connectivity index (χ1) is 17.6. The molecule has 0 aliphatic heterocycles. The number of aliphatic carboxylic acids is 1. The SMILES string of the molecule is CONC(=COc1ccc(COc2ccc(C(CC(=O)O)c3ccon3)cc2)cc1)c1ccccc1. The number of aromatic nitrogens is 1. The molecule has 0 aliphatic rings. The van der Waals surface area contributed by atoms with Crippen LogP contribution in [0.2, 0.25) is 0 Å². The van der Waals surface area contributed by atoms with Crippen LogP contribution >= 0.6 is 0 Å². The van der Waals surface area contributed by atoms with Gasteiger partial charge in [0.25, 0.3) is 0 Å². The van der Waals surface area contributed by atoms with Crippen molar-refractivity contribution in [1.29, 1.82) is 0 Å². The molecule has 0 radical (unpaired) electrons. The van der Waals surface area contributed by atoms with Gasteiger partial charge in [-0.15, -0.1) is 0 Å². The van der Waals surface area contributed by atoms with Gasteiger partial charge in [0, 0.05) is 17.5 Å². The number of nitrogens with zero attached hydrogens (tertiary/aromatic N) is 1. The van der Waals surface area contributed by atoms with E-state index in [4.69, 9.17) is 18.8 Å². The minimum Gasteiger partial charge on any atom is -0.489 e. The van der Waals surface area contributed by atoms with E-state index < -0.39 is 11.9 Å². The van der Waals surface area contributed by atoms with Gasteiger partial charge < -0.3 is 19.1 Å². The molecule has 1 aromatic heterocycles. The van der Waals surface area contributed by atoms with E-state index in [1.807, 2.05) is 78.9 Å². The number of ether oxygens (including phenoxy) is 2. The summed E-state index contributed by atoms with van der Waals surface area (Å²) in [5, 5.41) is 13.2. The van der Waals surface area contributed by atoms with Crippen LogP contribution in [0.25, 0.3) is 5.70 Å². The van der Waals surface area contributed by atoms with Gasteiger partial charge in [-0.1, -0.05) is 59.8 Å². The Kier molecular flexibility index (Phi) is 8.35. The van der Waals surface area contributed by atoms with Crippen molar-refractivity contribution in [3.8, 4) is 11.5 Å². The number of carbonyl (C=O) groups is 1. The summed E-state index contributed by atoms with van der Waals surface area (Å²) in [4.78, 5) is 16.3. The highest BCUT2D eigenvalue weighted by Gasteiger charge is 2.20. The van der Waals surface area contributed by atoms with E-state index in [1.54, 1.807) is 19.4 Å². The van der Waals surface area contributed by atoms with E-state index in [0.29, 0.717) is 29.5 Å². The first-order valence-electron chi connectivity index (χ1n) is 11.3. The molecule has 1 heterocycles. The molecule has 0 bridgehead atoms. The molecule has 0 amide bonds. The maximum Gasteiger partial charge on any atom is 0.304 e. The molecule has 4 aromatic rings. The number of nitrogens with one attached hydrogen (secondary N) is 1. The smallest absolute Gasteiger partial charge is 0.304 e. The lowest BCUT2D eigenvalue weighted by atomic mass is 9.92. The summed E-state index contributed by atoms with van der Waals surface area (Å²) in [5.74, 6) is 0.0528. The molecule has 3 aromatic carbocycles. The Balaban J connectivity index is 1.34. The van der Waals surface area contributed by atoms with Crippen LogP contribution in [0, 0.1) is 0 Å². The topological polar surface area (TPSA) is 103 Å². The maximum absolute atomic E-state index is 11.3. The molecule has 0 fully saturated rings. The van der Waals surface area contributed by atoms with Gasteiger partial charge in [0.2, 0.25) is 0 Å². The molecule has 0 spiro atoms. The molecule has 8 heteroatoms. The Hall–Kier alpha value is -4.56. The monoisotopic (exact) mass is 486 g/mol. The Bertz CT molecular complexity index is 1250. The fraction of sp³-hybridized carbons (Fsp3) is 0.143. The van der Waals surface area contributed by atoms with Gasteiger partial charge in [-0.3, -0.25) is 15.1 Å². The fourth-order valence-corrected chi connectivity index (χ4v) is 3.60. The van der Waals surface area contributed by atoms with Crippen molar-refractivity contribution < 1.29 is 28.7 Å². The van der Waals surface area contributed by atoms with E-state index in [1.165, 1.54) is 6.26 Å².